The van der Waals surface area contributed by atoms with E-state index in [1.54, 1.807) is 0 Å². The molecule has 2 rings (SSSR count). The maximum Gasteiger partial charge on any atom is 0.0746 e. The number of pyridine rings is 1. The van der Waals surface area contributed by atoms with Crippen LogP contribution >= 0.6 is 11.6 Å². The number of halogens is 1. The summed E-state index contributed by atoms with van der Waals surface area (Å²) < 4.78 is 0. The topological polar surface area (TPSA) is 24.9 Å². The van der Waals surface area contributed by atoms with Crippen LogP contribution in [-0.2, 0) is 6.54 Å². The maximum absolute atomic E-state index is 6.07. The molecule has 1 aromatic heterocycles. The zero-order valence-electron chi connectivity index (χ0n) is 9.99. The van der Waals surface area contributed by atoms with Crippen LogP contribution < -0.4 is 5.32 Å². The van der Waals surface area contributed by atoms with Gasteiger partial charge in [0.25, 0.3) is 0 Å². The van der Waals surface area contributed by atoms with Crippen molar-refractivity contribution in [2.75, 3.05) is 6.54 Å². The lowest BCUT2D eigenvalue weighted by Gasteiger charge is -2.09. The number of benzene rings is 1. The van der Waals surface area contributed by atoms with E-state index in [2.05, 4.69) is 41.5 Å². The van der Waals surface area contributed by atoms with Gasteiger partial charge in [-0.05, 0) is 18.1 Å². The van der Waals surface area contributed by atoms with Gasteiger partial charge in [0, 0.05) is 30.0 Å². The Morgan fingerprint density at radius 1 is 1.29 bits per heavy atom. The molecule has 1 atom stereocenters. The summed E-state index contributed by atoms with van der Waals surface area (Å²) in [5, 5.41) is 4.76. The molecule has 1 aromatic carbocycles. The molecule has 3 heteroatoms. The predicted molar refractivity (Wildman–Crippen MR) is 73.4 cm³/mol. The highest BCUT2D eigenvalue weighted by Gasteiger charge is 2.03. The maximum atomic E-state index is 6.07. The molecule has 1 heterocycles. The Morgan fingerprint density at radius 2 is 2.12 bits per heavy atom. The highest BCUT2D eigenvalue weighted by Crippen LogP contribution is 2.15. The zero-order chi connectivity index (χ0) is 12.1. The molecule has 0 radical (unpaired) electrons. The van der Waals surface area contributed by atoms with Crippen LogP contribution in [0.15, 0.2) is 36.5 Å². The lowest BCUT2D eigenvalue weighted by Crippen LogP contribution is -2.22. The van der Waals surface area contributed by atoms with Gasteiger partial charge in [-0.1, -0.05) is 31.2 Å². The molecular formula is C14H17ClN2. The van der Waals surface area contributed by atoms with Crippen molar-refractivity contribution in [2.45, 2.75) is 25.3 Å². The number of aromatic nitrogens is 1. The van der Waals surface area contributed by atoms with Gasteiger partial charge in [0.05, 0.1) is 5.52 Å². The molecule has 0 aliphatic carbocycles. The van der Waals surface area contributed by atoms with Crippen molar-refractivity contribution in [1.82, 2.24) is 10.3 Å². The van der Waals surface area contributed by atoms with Crippen molar-refractivity contribution >= 4 is 22.5 Å². The van der Waals surface area contributed by atoms with Gasteiger partial charge in [-0.25, -0.2) is 0 Å². The molecule has 0 bridgehead atoms. The summed E-state index contributed by atoms with van der Waals surface area (Å²) in [5.41, 5.74) is 2.30. The molecular weight excluding hydrogens is 232 g/mol. The Hall–Kier alpha value is -1.12. The first-order chi connectivity index (χ1) is 8.31. The van der Waals surface area contributed by atoms with Gasteiger partial charge in [0.1, 0.15) is 0 Å². The standard InChI is InChI=1S/C14H17ClN2/c1-2-13(15)10-16-9-12-6-3-5-11-7-4-8-17-14(11)12/h3-8,13,16H,2,9-10H2,1H3. The van der Waals surface area contributed by atoms with Crippen LogP contribution in [0.25, 0.3) is 10.9 Å². The van der Waals surface area contributed by atoms with Gasteiger partial charge < -0.3 is 5.32 Å². The summed E-state index contributed by atoms with van der Waals surface area (Å²) in [7, 11) is 0. The number of para-hydroxylation sites is 1. The van der Waals surface area contributed by atoms with E-state index in [0.717, 1.165) is 25.0 Å². The van der Waals surface area contributed by atoms with E-state index in [0.29, 0.717) is 0 Å². The van der Waals surface area contributed by atoms with Gasteiger partial charge in [-0.15, -0.1) is 11.6 Å². The minimum Gasteiger partial charge on any atom is -0.311 e. The van der Waals surface area contributed by atoms with Crippen LogP contribution in [0.2, 0.25) is 0 Å². The Balaban J connectivity index is 2.08. The average Bonchev–Trinajstić information content (AvgIpc) is 2.39. The first-order valence-electron chi connectivity index (χ1n) is 5.98. The monoisotopic (exact) mass is 248 g/mol. The number of alkyl halides is 1. The van der Waals surface area contributed by atoms with Crippen molar-refractivity contribution in [1.29, 1.82) is 0 Å². The fourth-order valence-corrected chi connectivity index (χ4v) is 1.93. The second-order valence-corrected chi connectivity index (χ2v) is 4.75. The highest BCUT2D eigenvalue weighted by atomic mass is 35.5. The minimum absolute atomic E-state index is 0.206. The van der Waals surface area contributed by atoms with Crippen molar-refractivity contribution in [3.63, 3.8) is 0 Å². The Morgan fingerprint density at radius 3 is 2.94 bits per heavy atom. The average molecular weight is 249 g/mol. The summed E-state index contributed by atoms with van der Waals surface area (Å²) >= 11 is 6.07. The molecule has 2 aromatic rings. The molecule has 0 fully saturated rings. The van der Waals surface area contributed by atoms with Crippen LogP contribution in [-0.4, -0.2) is 16.9 Å². The van der Waals surface area contributed by atoms with Gasteiger partial charge in [-0.2, -0.15) is 0 Å². The van der Waals surface area contributed by atoms with Crippen molar-refractivity contribution in [3.8, 4) is 0 Å². The quantitative estimate of drug-likeness (QED) is 0.821. The van der Waals surface area contributed by atoms with Gasteiger partial charge in [0.15, 0.2) is 0 Å². The van der Waals surface area contributed by atoms with Crippen LogP contribution in [0.4, 0.5) is 0 Å². The Kier molecular flexibility index (Phi) is 4.35. The van der Waals surface area contributed by atoms with E-state index < -0.39 is 0 Å². The van der Waals surface area contributed by atoms with Crippen LogP contribution in [0.5, 0.6) is 0 Å². The second kappa shape index (κ2) is 5.99. The van der Waals surface area contributed by atoms with E-state index in [1.807, 2.05) is 12.3 Å². The Bertz CT molecular complexity index is 479. The number of rotatable bonds is 5. The number of hydrogen-bond acceptors (Lipinski definition) is 2. The van der Waals surface area contributed by atoms with E-state index in [4.69, 9.17) is 11.6 Å². The first kappa shape index (κ1) is 12.3. The Labute approximate surface area is 107 Å². The molecule has 90 valence electrons. The largest absolute Gasteiger partial charge is 0.311 e. The molecule has 1 N–H and O–H groups in total. The molecule has 0 spiro atoms. The summed E-state index contributed by atoms with van der Waals surface area (Å²) in [4.78, 5) is 4.43. The molecule has 0 saturated carbocycles. The molecule has 0 amide bonds. The number of nitrogens with one attached hydrogen (secondary N) is 1. The SMILES string of the molecule is CCC(Cl)CNCc1cccc2cccnc12. The first-order valence-corrected chi connectivity index (χ1v) is 6.42. The highest BCUT2D eigenvalue weighted by molar-refractivity contribution is 6.20. The van der Waals surface area contributed by atoms with Crippen LogP contribution in [0.3, 0.4) is 0 Å². The van der Waals surface area contributed by atoms with E-state index in [1.165, 1.54) is 10.9 Å². The molecule has 0 saturated heterocycles. The summed E-state index contributed by atoms with van der Waals surface area (Å²) in [6.07, 6.45) is 2.82. The lowest BCUT2D eigenvalue weighted by molar-refractivity contribution is 0.649. The van der Waals surface area contributed by atoms with Crippen molar-refractivity contribution in [3.05, 3.63) is 42.1 Å². The van der Waals surface area contributed by atoms with Crippen molar-refractivity contribution < 1.29 is 0 Å². The van der Waals surface area contributed by atoms with Crippen LogP contribution in [0, 0.1) is 0 Å². The molecule has 0 aliphatic rings. The molecule has 2 nitrogen and oxygen atoms in total. The fraction of sp³-hybridized carbons (Fsp3) is 0.357. The predicted octanol–water partition coefficient (Wildman–Crippen LogP) is 3.34. The minimum atomic E-state index is 0.206. The van der Waals surface area contributed by atoms with Crippen molar-refractivity contribution in [2.24, 2.45) is 0 Å². The number of fused-ring (bicyclic) bond motifs is 1. The third kappa shape index (κ3) is 3.18. The molecule has 0 aliphatic heterocycles. The summed E-state index contributed by atoms with van der Waals surface area (Å²) in [6, 6.07) is 10.3. The second-order valence-electron chi connectivity index (χ2n) is 4.13. The van der Waals surface area contributed by atoms with Crippen LogP contribution in [0.1, 0.15) is 18.9 Å². The molecule has 17 heavy (non-hydrogen) atoms. The lowest BCUT2D eigenvalue weighted by atomic mass is 10.1. The van der Waals surface area contributed by atoms with Gasteiger partial charge in [-0.3, -0.25) is 4.98 Å². The van der Waals surface area contributed by atoms with E-state index in [9.17, 15) is 0 Å². The van der Waals surface area contributed by atoms with E-state index in [-0.39, 0.29) is 5.38 Å². The number of hydrogen-bond donors (Lipinski definition) is 1. The smallest absolute Gasteiger partial charge is 0.0746 e. The van der Waals surface area contributed by atoms with Gasteiger partial charge in [0.2, 0.25) is 0 Å². The van der Waals surface area contributed by atoms with Gasteiger partial charge >= 0.3 is 0 Å². The third-order valence-corrected chi connectivity index (χ3v) is 3.30. The normalized spacial score (nSPS) is 12.8. The summed E-state index contributed by atoms with van der Waals surface area (Å²) in [5.74, 6) is 0. The third-order valence-electron chi connectivity index (χ3n) is 2.84. The zero-order valence-corrected chi connectivity index (χ0v) is 10.7. The molecule has 1 unspecified atom stereocenters. The fourth-order valence-electron chi connectivity index (χ4n) is 1.82. The number of nitrogens with zero attached hydrogens (tertiary/aromatic N) is 1. The summed E-state index contributed by atoms with van der Waals surface area (Å²) in [6.45, 7) is 3.75. The van der Waals surface area contributed by atoms with E-state index >= 15 is 0 Å².